The quantitative estimate of drug-likeness (QED) is 0.304. The van der Waals surface area contributed by atoms with Crippen molar-refractivity contribution in [2.75, 3.05) is 10.6 Å². The van der Waals surface area contributed by atoms with E-state index in [4.69, 9.17) is 4.74 Å². The summed E-state index contributed by atoms with van der Waals surface area (Å²) in [6.45, 7) is 1.91. The van der Waals surface area contributed by atoms with Crippen molar-refractivity contribution >= 4 is 23.2 Å². The Kier molecular flexibility index (Phi) is 7.92. The molecule has 4 aromatic carbocycles. The number of hydrogen-bond acceptors (Lipinski definition) is 3. The van der Waals surface area contributed by atoms with E-state index in [0.717, 1.165) is 16.7 Å². The molecule has 2 N–H and O–H groups in total. The highest BCUT2D eigenvalue weighted by molar-refractivity contribution is 5.96. The highest BCUT2D eigenvalue weighted by Crippen LogP contribution is 2.23. The molecule has 4 rings (SSSR count). The van der Waals surface area contributed by atoms with Gasteiger partial charge in [-0.1, -0.05) is 85.8 Å². The number of nitrogens with one attached hydrogen (secondary N) is 2. The minimum absolute atomic E-state index is 0.117. The lowest BCUT2D eigenvalue weighted by molar-refractivity contribution is -0.122. The van der Waals surface area contributed by atoms with E-state index in [1.54, 1.807) is 24.3 Å². The number of ether oxygens (including phenoxy) is 1. The molecule has 5 nitrogen and oxygen atoms in total. The maximum Gasteiger partial charge on any atom is 0.265 e. The molecule has 1 unspecified atom stereocenters. The van der Waals surface area contributed by atoms with Crippen molar-refractivity contribution in [3.63, 3.8) is 0 Å². The molecule has 0 saturated heterocycles. The smallest absolute Gasteiger partial charge is 0.265 e. The molecular formula is C30H28N2O3. The predicted octanol–water partition coefficient (Wildman–Crippen LogP) is 6.33. The maximum absolute atomic E-state index is 12.9. The van der Waals surface area contributed by atoms with E-state index < -0.39 is 6.10 Å². The summed E-state index contributed by atoms with van der Waals surface area (Å²) < 4.78 is 5.97. The first-order valence-electron chi connectivity index (χ1n) is 11.7. The molecule has 0 spiro atoms. The second-order valence-corrected chi connectivity index (χ2v) is 8.19. The molecule has 35 heavy (non-hydrogen) atoms. The van der Waals surface area contributed by atoms with Gasteiger partial charge in [0.25, 0.3) is 5.91 Å². The van der Waals surface area contributed by atoms with Crippen LogP contribution in [0, 0.1) is 0 Å². The predicted molar refractivity (Wildman–Crippen MR) is 140 cm³/mol. The molecule has 0 bridgehead atoms. The van der Waals surface area contributed by atoms with Crippen LogP contribution in [-0.4, -0.2) is 17.9 Å². The van der Waals surface area contributed by atoms with Gasteiger partial charge in [-0.25, -0.2) is 0 Å². The van der Waals surface area contributed by atoms with E-state index in [2.05, 4.69) is 22.8 Å². The van der Waals surface area contributed by atoms with Crippen LogP contribution in [0.4, 0.5) is 11.4 Å². The standard InChI is InChI=1S/C30H28N2O3/c1-2-28(35-27-18-16-24(17-19-27)23-12-7-4-8-13-23)30(34)32-26-15-9-14-25(21-26)31-29(33)20-22-10-5-3-6-11-22/h3-19,21,28H,2,20H2,1H3,(H,31,33)(H,32,34). The van der Waals surface area contributed by atoms with Crippen LogP contribution in [-0.2, 0) is 16.0 Å². The van der Waals surface area contributed by atoms with Crippen LogP contribution in [0.1, 0.15) is 18.9 Å². The zero-order chi connectivity index (χ0) is 24.5. The Morgan fingerprint density at radius 2 is 1.31 bits per heavy atom. The Labute approximate surface area is 205 Å². The molecule has 0 radical (unpaired) electrons. The molecule has 0 fully saturated rings. The minimum Gasteiger partial charge on any atom is -0.481 e. The first-order valence-corrected chi connectivity index (χ1v) is 11.7. The second kappa shape index (κ2) is 11.7. The number of hydrogen-bond donors (Lipinski definition) is 2. The van der Waals surface area contributed by atoms with E-state index in [1.165, 1.54) is 0 Å². The van der Waals surface area contributed by atoms with Gasteiger partial charge >= 0.3 is 0 Å². The zero-order valence-electron chi connectivity index (χ0n) is 19.6. The minimum atomic E-state index is -0.645. The van der Waals surface area contributed by atoms with Gasteiger partial charge < -0.3 is 15.4 Å². The highest BCUT2D eigenvalue weighted by atomic mass is 16.5. The summed E-state index contributed by atoms with van der Waals surface area (Å²) in [6, 6.07) is 34.5. The molecular weight excluding hydrogens is 436 g/mol. The van der Waals surface area contributed by atoms with Crippen LogP contribution >= 0.6 is 0 Å². The van der Waals surface area contributed by atoms with Crippen LogP contribution in [0.3, 0.4) is 0 Å². The van der Waals surface area contributed by atoms with Gasteiger partial charge in [0.05, 0.1) is 6.42 Å². The molecule has 0 aliphatic heterocycles. The number of benzene rings is 4. The summed E-state index contributed by atoms with van der Waals surface area (Å²) in [4.78, 5) is 25.3. The average Bonchev–Trinajstić information content (AvgIpc) is 2.89. The lowest BCUT2D eigenvalue weighted by atomic mass is 10.1. The van der Waals surface area contributed by atoms with E-state index in [9.17, 15) is 9.59 Å². The first-order chi connectivity index (χ1) is 17.1. The molecule has 4 aromatic rings. The van der Waals surface area contributed by atoms with Crippen LogP contribution in [0.2, 0.25) is 0 Å². The summed E-state index contributed by atoms with van der Waals surface area (Å²) in [5.74, 6) is 0.273. The number of anilines is 2. The maximum atomic E-state index is 12.9. The van der Waals surface area contributed by atoms with Gasteiger partial charge in [-0.2, -0.15) is 0 Å². The first kappa shape index (κ1) is 23.8. The molecule has 0 saturated carbocycles. The summed E-state index contributed by atoms with van der Waals surface area (Å²) in [5, 5.41) is 5.78. The lowest BCUT2D eigenvalue weighted by Gasteiger charge is -2.18. The van der Waals surface area contributed by atoms with Crippen LogP contribution in [0.5, 0.6) is 5.75 Å². The summed E-state index contributed by atoms with van der Waals surface area (Å²) in [6.07, 6.45) is 0.153. The van der Waals surface area contributed by atoms with Crippen LogP contribution in [0.15, 0.2) is 109 Å². The van der Waals surface area contributed by atoms with Crippen molar-refractivity contribution in [1.29, 1.82) is 0 Å². The normalized spacial score (nSPS) is 11.3. The Hall–Kier alpha value is -4.38. The molecule has 0 aromatic heterocycles. The van der Waals surface area contributed by atoms with Gasteiger partial charge in [-0.15, -0.1) is 0 Å². The zero-order valence-corrected chi connectivity index (χ0v) is 19.6. The third kappa shape index (κ3) is 6.81. The van der Waals surface area contributed by atoms with E-state index in [-0.39, 0.29) is 18.2 Å². The lowest BCUT2D eigenvalue weighted by Crippen LogP contribution is -2.32. The topological polar surface area (TPSA) is 67.4 Å². The monoisotopic (exact) mass is 464 g/mol. The van der Waals surface area contributed by atoms with Gasteiger partial charge in [0.2, 0.25) is 5.91 Å². The average molecular weight is 465 g/mol. The van der Waals surface area contributed by atoms with Crippen molar-refractivity contribution in [3.8, 4) is 16.9 Å². The van der Waals surface area contributed by atoms with E-state index in [1.807, 2.05) is 79.7 Å². The van der Waals surface area contributed by atoms with Crippen LogP contribution in [0.25, 0.3) is 11.1 Å². The van der Waals surface area contributed by atoms with Gasteiger partial charge in [0.1, 0.15) is 5.75 Å². The Balaban J connectivity index is 1.35. The van der Waals surface area contributed by atoms with Crippen molar-refractivity contribution in [1.82, 2.24) is 0 Å². The summed E-state index contributed by atoms with van der Waals surface area (Å²) >= 11 is 0. The highest BCUT2D eigenvalue weighted by Gasteiger charge is 2.19. The molecule has 1 atom stereocenters. The van der Waals surface area contributed by atoms with Crippen LogP contribution < -0.4 is 15.4 Å². The fraction of sp³-hybridized carbons (Fsp3) is 0.133. The Bertz CT molecular complexity index is 1260. The van der Waals surface area contributed by atoms with Gasteiger partial charge in [0, 0.05) is 11.4 Å². The molecule has 0 heterocycles. The van der Waals surface area contributed by atoms with Crippen molar-refractivity contribution in [2.45, 2.75) is 25.9 Å². The molecule has 0 aliphatic rings. The number of amides is 2. The van der Waals surface area contributed by atoms with Crippen molar-refractivity contribution in [3.05, 3.63) is 115 Å². The van der Waals surface area contributed by atoms with Gasteiger partial charge in [0.15, 0.2) is 6.10 Å². The van der Waals surface area contributed by atoms with Gasteiger partial charge in [-0.05, 0) is 53.4 Å². The molecule has 176 valence electrons. The Morgan fingerprint density at radius 3 is 1.97 bits per heavy atom. The largest absolute Gasteiger partial charge is 0.481 e. The Morgan fingerprint density at radius 1 is 0.714 bits per heavy atom. The third-order valence-corrected chi connectivity index (χ3v) is 5.52. The van der Waals surface area contributed by atoms with Gasteiger partial charge in [-0.3, -0.25) is 9.59 Å². The fourth-order valence-corrected chi connectivity index (χ4v) is 3.73. The van der Waals surface area contributed by atoms with E-state index >= 15 is 0 Å². The van der Waals surface area contributed by atoms with Crippen molar-refractivity contribution < 1.29 is 14.3 Å². The molecule has 0 aliphatic carbocycles. The number of rotatable bonds is 9. The molecule has 2 amide bonds. The summed E-state index contributed by atoms with van der Waals surface area (Å²) in [7, 11) is 0. The third-order valence-electron chi connectivity index (χ3n) is 5.52. The number of carbonyl (C=O) groups is 2. The molecule has 5 heteroatoms. The number of carbonyl (C=O) groups excluding carboxylic acids is 2. The van der Waals surface area contributed by atoms with E-state index in [0.29, 0.717) is 23.5 Å². The van der Waals surface area contributed by atoms with Crippen molar-refractivity contribution in [2.24, 2.45) is 0 Å². The SMILES string of the molecule is CCC(Oc1ccc(-c2ccccc2)cc1)C(=O)Nc1cccc(NC(=O)Cc2ccccc2)c1. The fourth-order valence-electron chi connectivity index (χ4n) is 3.73. The summed E-state index contributed by atoms with van der Waals surface area (Å²) in [5.41, 5.74) is 4.36. The second-order valence-electron chi connectivity index (χ2n) is 8.19.